The zero-order valence-electron chi connectivity index (χ0n) is 13.4. The quantitative estimate of drug-likeness (QED) is 0.693. The highest BCUT2D eigenvalue weighted by Gasteiger charge is 2.18. The number of carbonyl (C=O) groups excluding carboxylic acids is 2. The van der Waals surface area contributed by atoms with E-state index in [4.69, 9.17) is 0 Å². The summed E-state index contributed by atoms with van der Waals surface area (Å²) in [5, 5.41) is 6.61. The monoisotopic (exact) mass is 371 g/mol. The topological polar surface area (TPSA) is 62.3 Å². The molecule has 0 aliphatic rings. The third kappa shape index (κ3) is 4.74. The molecule has 3 heterocycles. The van der Waals surface area contributed by atoms with Crippen molar-refractivity contribution < 1.29 is 9.59 Å². The summed E-state index contributed by atoms with van der Waals surface area (Å²) in [5.74, 6) is -0.164. The Morgan fingerprint density at radius 3 is 2.40 bits per heavy atom. The number of pyridine rings is 1. The van der Waals surface area contributed by atoms with E-state index in [1.54, 1.807) is 17.2 Å². The van der Waals surface area contributed by atoms with Crippen LogP contribution < -0.4 is 5.32 Å². The lowest BCUT2D eigenvalue weighted by atomic mass is 10.3. The van der Waals surface area contributed by atoms with Crippen molar-refractivity contribution in [2.24, 2.45) is 0 Å². The maximum Gasteiger partial charge on any atom is 0.264 e. The summed E-state index contributed by atoms with van der Waals surface area (Å²) in [7, 11) is 0. The van der Waals surface area contributed by atoms with E-state index in [1.165, 1.54) is 22.7 Å². The van der Waals surface area contributed by atoms with Crippen LogP contribution in [0.4, 0.5) is 0 Å². The zero-order valence-corrected chi connectivity index (χ0v) is 15.1. The van der Waals surface area contributed by atoms with Crippen molar-refractivity contribution in [3.05, 3.63) is 74.9 Å². The highest BCUT2D eigenvalue weighted by Crippen LogP contribution is 2.14. The van der Waals surface area contributed by atoms with Gasteiger partial charge in [0, 0.05) is 19.3 Å². The fourth-order valence-electron chi connectivity index (χ4n) is 2.29. The van der Waals surface area contributed by atoms with Crippen LogP contribution >= 0.6 is 22.7 Å². The minimum absolute atomic E-state index is 0.0500. The van der Waals surface area contributed by atoms with Gasteiger partial charge in [0.05, 0.1) is 22.0 Å². The van der Waals surface area contributed by atoms with Gasteiger partial charge in [0.25, 0.3) is 11.8 Å². The van der Waals surface area contributed by atoms with Gasteiger partial charge in [-0.05, 0) is 35.0 Å². The lowest BCUT2D eigenvalue weighted by Crippen LogP contribution is -2.38. The molecule has 3 aromatic heterocycles. The summed E-state index contributed by atoms with van der Waals surface area (Å²) in [5.41, 5.74) is 0.817. The first-order chi connectivity index (χ1) is 12.2. The zero-order chi connectivity index (χ0) is 17.5. The molecule has 0 spiro atoms. The number of amides is 2. The Kier molecular flexibility index (Phi) is 5.92. The average molecular weight is 371 g/mol. The first kappa shape index (κ1) is 17.3. The summed E-state index contributed by atoms with van der Waals surface area (Å²) >= 11 is 2.81. The molecule has 0 atom stereocenters. The number of hydrogen-bond donors (Lipinski definition) is 1. The Labute approximate surface area is 154 Å². The second-order valence-electron chi connectivity index (χ2n) is 5.26. The first-order valence-electron chi connectivity index (χ1n) is 7.78. The van der Waals surface area contributed by atoms with E-state index in [2.05, 4.69) is 10.3 Å². The molecule has 3 aromatic rings. The van der Waals surface area contributed by atoms with E-state index >= 15 is 0 Å². The standard InChI is InChI=1S/C18H17N3O2S2/c22-17(15-6-3-11-24-15)20-9-10-21(13-14-5-1-2-8-19-14)18(23)16-7-4-12-25-16/h1-8,11-12H,9-10,13H2,(H,20,22). The minimum atomic E-state index is -0.114. The Hall–Kier alpha value is -2.51. The van der Waals surface area contributed by atoms with Crippen LogP contribution in [-0.2, 0) is 6.54 Å². The van der Waals surface area contributed by atoms with E-state index in [0.29, 0.717) is 29.4 Å². The molecule has 128 valence electrons. The Bertz CT molecular complexity index is 802. The number of hydrogen-bond acceptors (Lipinski definition) is 5. The van der Waals surface area contributed by atoms with Crippen LogP contribution in [0, 0.1) is 0 Å². The highest BCUT2D eigenvalue weighted by atomic mass is 32.1. The molecule has 25 heavy (non-hydrogen) atoms. The summed E-state index contributed by atoms with van der Waals surface area (Å²) in [6.45, 7) is 1.22. The lowest BCUT2D eigenvalue weighted by Gasteiger charge is -2.22. The van der Waals surface area contributed by atoms with Crippen molar-refractivity contribution in [1.29, 1.82) is 0 Å². The van der Waals surface area contributed by atoms with Gasteiger partial charge in [0.1, 0.15) is 0 Å². The molecule has 1 N–H and O–H groups in total. The van der Waals surface area contributed by atoms with Crippen LogP contribution in [0.5, 0.6) is 0 Å². The third-order valence-electron chi connectivity index (χ3n) is 3.51. The van der Waals surface area contributed by atoms with Gasteiger partial charge >= 0.3 is 0 Å². The summed E-state index contributed by atoms with van der Waals surface area (Å²) in [6.07, 6.45) is 1.71. The molecule has 2 amide bonds. The van der Waals surface area contributed by atoms with Crippen LogP contribution in [0.1, 0.15) is 25.0 Å². The number of aromatic nitrogens is 1. The van der Waals surface area contributed by atoms with Gasteiger partial charge in [-0.3, -0.25) is 14.6 Å². The van der Waals surface area contributed by atoms with Gasteiger partial charge in [-0.2, -0.15) is 0 Å². The van der Waals surface area contributed by atoms with Crippen molar-refractivity contribution >= 4 is 34.5 Å². The van der Waals surface area contributed by atoms with Crippen LogP contribution in [0.25, 0.3) is 0 Å². The molecule has 0 aliphatic carbocycles. The van der Waals surface area contributed by atoms with Gasteiger partial charge < -0.3 is 10.2 Å². The van der Waals surface area contributed by atoms with Crippen LogP contribution in [0.2, 0.25) is 0 Å². The molecule has 0 saturated carbocycles. The average Bonchev–Trinajstić information content (AvgIpc) is 3.34. The van der Waals surface area contributed by atoms with Crippen molar-refractivity contribution in [2.75, 3.05) is 13.1 Å². The Morgan fingerprint density at radius 1 is 1.00 bits per heavy atom. The number of carbonyl (C=O) groups is 2. The molecule has 0 unspecified atom stereocenters. The van der Waals surface area contributed by atoms with E-state index < -0.39 is 0 Å². The smallest absolute Gasteiger partial charge is 0.264 e. The van der Waals surface area contributed by atoms with Crippen LogP contribution in [-0.4, -0.2) is 34.8 Å². The minimum Gasteiger partial charge on any atom is -0.350 e. The number of thiophene rings is 2. The van der Waals surface area contributed by atoms with Gasteiger partial charge in [-0.25, -0.2) is 0 Å². The van der Waals surface area contributed by atoms with Crippen molar-refractivity contribution in [3.8, 4) is 0 Å². The fraction of sp³-hybridized carbons (Fsp3) is 0.167. The van der Waals surface area contributed by atoms with Gasteiger partial charge in [0.15, 0.2) is 0 Å². The largest absolute Gasteiger partial charge is 0.350 e. The Morgan fingerprint density at radius 2 is 1.76 bits per heavy atom. The van der Waals surface area contributed by atoms with Gasteiger partial charge in [-0.1, -0.05) is 18.2 Å². The molecular formula is C18H17N3O2S2. The van der Waals surface area contributed by atoms with E-state index in [1.807, 2.05) is 47.2 Å². The molecule has 7 heteroatoms. The predicted octanol–water partition coefficient (Wildman–Crippen LogP) is 3.28. The van der Waals surface area contributed by atoms with E-state index in [-0.39, 0.29) is 11.8 Å². The van der Waals surface area contributed by atoms with E-state index in [0.717, 1.165) is 5.69 Å². The predicted molar refractivity (Wildman–Crippen MR) is 99.9 cm³/mol. The maximum absolute atomic E-state index is 12.7. The van der Waals surface area contributed by atoms with Crippen LogP contribution in [0.3, 0.4) is 0 Å². The summed E-state index contributed by atoms with van der Waals surface area (Å²) < 4.78 is 0. The second kappa shape index (κ2) is 8.55. The number of nitrogens with zero attached hydrogens (tertiary/aromatic N) is 2. The molecular weight excluding hydrogens is 354 g/mol. The molecule has 5 nitrogen and oxygen atoms in total. The molecule has 0 radical (unpaired) electrons. The van der Waals surface area contributed by atoms with E-state index in [9.17, 15) is 9.59 Å². The van der Waals surface area contributed by atoms with Crippen molar-refractivity contribution in [3.63, 3.8) is 0 Å². The molecule has 0 aromatic carbocycles. The van der Waals surface area contributed by atoms with Crippen molar-refractivity contribution in [1.82, 2.24) is 15.2 Å². The fourth-order valence-corrected chi connectivity index (χ4v) is 3.63. The summed E-state index contributed by atoms with van der Waals surface area (Å²) in [6, 6.07) is 12.9. The SMILES string of the molecule is O=C(NCCN(Cc1ccccn1)C(=O)c1cccs1)c1cccs1. The summed E-state index contributed by atoms with van der Waals surface area (Å²) in [4.78, 5) is 32.1. The van der Waals surface area contributed by atoms with Gasteiger partial charge in [0.2, 0.25) is 0 Å². The lowest BCUT2D eigenvalue weighted by molar-refractivity contribution is 0.0739. The Balaban J connectivity index is 1.63. The van der Waals surface area contributed by atoms with Gasteiger partial charge in [-0.15, -0.1) is 22.7 Å². The molecule has 0 fully saturated rings. The number of rotatable bonds is 7. The molecule has 0 saturated heterocycles. The number of nitrogens with one attached hydrogen (secondary N) is 1. The molecule has 0 bridgehead atoms. The second-order valence-corrected chi connectivity index (χ2v) is 7.15. The molecule has 0 aliphatic heterocycles. The maximum atomic E-state index is 12.7. The van der Waals surface area contributed by atoms with Crippen LogP contribution in [0.15, 0.2) is 59.4 Å². The van der Waals surface area contributed by atoms with Crippen molar-refractivity contribution in [2.45, 2.75) is 6.54 Å². The molecule has 3 rings (SSSR count). The first-order valence-corrected chi connectivity index (χ1v) is 9.54. The normalized spacial score (nSPS) is 10.4. The third-order valence-corrected chi connectivity index (χ3v) is 5.24. The highest BCUT2D eigenvalue weighted by molar-refractivity contribution is 7.12.